The summed E-state index contributed by atoms with van der Waals surface area (Å²) in [5.41, 5.74) is 1.55. The average molecular weight is 314 g/mol. The molecule has 3 nitrogen and oxygen atoms in total. The van der Waals surface area contributed by atoms with Crippen molar-refractivity contribution in [2.45, 2.75) is 51.3 Å². The van der Waals surface area contributed by atoms with Crippen molar-refractivity contribution >= 4 is 15.9 Å². The standard InChI is InChI=1S/C14H24BrN3/c1-14(2,3)11-5-6-13(15)10(7-11)8-12-9-18(4)17-16-12/h9-11,13H,5-8H2,1-4H3. The fourth-order valence-electron chi connectivity index (χ4n) is 2.98. The van der Waals surface area contributed by atoms with Gasteiger partial charge in [-0.3, -0.25) is 4.68 Å². The van der Waals surface area contributed by atoms with Gasteiger partial charge in [-0.15, -0.1) is 5.10 Å². The van der Waals surface area contributed by atoms with Crippen LogP contribution in [-0.2, 0) is 13.5 Å². The van der Waals surface area contributed by atoms with Gasteiger partial charge in [-0.25, -0.2) is 0 Å². The van der Waals surface area contributed by atoms with Gasteiger partial charge in [0.15, 0.2) is 0 Å². The van der Waals surface area contributed by atoms with Gasteiger partial charge in [-0.2, -0.15) is 0 Å². The third-order valence-corrected chi connectivity index (χ3v) is 5.44. The van der Waals surface area contributed by atoms with E-state index < -0.39 is 0 Å². The minimum absolute atomic E-state index is 0.424. The summed E-state index contributed by atoms with van der Waals surface area (Å²) in [7, 11) is 1.93. The Balaban J connectivity index is 2.02. The highest BCUT2D eigenvalue weighted by molar-refractivity contribution is 9.09. The number of alkyl halides is 1. The molecule has 0 saturated heterocycles. The van der Waals surface area contributed by atoms with Crippen molar-refractivity contribution in [2.24, 2.45) is 24.3 Å². The second-order valence-corrected chi connectivity index (χ2v) is 7.92. The molecule has 0 aliphatic heterocycles. The van der Waals surface area contributed by atoms with Crippen LogP contribution in [0.2, 0.25) is 0 Å². The minimum atomic E-state index is 0.424. The Morgan fingerprint density at radius 2 is 2.11 bits per heavy atom. The fourth-order valence-corrected chi connectivity index (χ4v) is 3.65. The lowest BCUT2D eigenvalue weighted by Crippen LogP contribution is -2.33. The molecule has 0 N–H and O–H groups in total. The number of hydrogen-bond acceptors (Lipinski definition) is 2. The number of nitrogens with zero attached hydrogens (tertiary/aromatic N) is 3. The van der Waals surface area contributed by atoms with Crippen LogP contribution in [0.5, 0.6) is 0 Å². The highest BCUT2D eigenvalue weighted by Gasteiger charge is 2.35. The van der Waals surface area contributed by atoms with Crippen LogP contribution in [0.25, 0.3) is 0 Å². The zero-order chi connectivity index (χ0) is 13.3. The third-order valence-electron chi connectivity index (χ3n) is 4.24. The van der Waals surface area contributed by atoms with Crippen molar-refractivity contribution in [2.75, 3.05) is 0 Å². The quantitative estimate of drug-likeness (QED) is 0.781. The van der Waals surface area contributed by atoms with E-state index in [9.17, 15) is 0 Å². The first kappa shape index (κ1) is 14.0. The van der Waals surface area contributed by atoms with Gasteiger partial charge >= 0.3 is 0 Å². The van der Waals surface area contributed by atoms with Crippen LogP contribution in [0.3, 0.4) is 0 Å². The molecule has 1 saturated carbocycles. The maximum absolute atomic E-state index is 4.22. The highest BCUT2D eigenvalue weighted by atomic mass is 79.9. The van der Waals surface area contributed by atoms with E-state index >= 15 is 0 Å². The Hall–Kier alpha value is -0.380. The Morgan fingerprint density at radius 1 is 1.39 bits per heavy atom. The number of rotatable bonds is 2. The number of aryl methyl sites for hydroxylation is 1. The maximum atomic E-state index is 4.22. The Labute approximate surface area is 118 Å². The summed E-state index contributed by atoms with van der Waals surface area (Å²) in [4.78, 5) is 0.637. The molecule has 1 aromatic rings. The van der Waals surface area contributed by atoms with Crippen LogP contribution in [-0.4, -0.2) is 19.8 Å². The molecule has 102 valence electrons. The summed E-state index contributed by atoms with van der Waals surface area (Å²) in [6.07, 6.45) is 7.02. The van der Waals surface area contributed by atoms with E-state index in [0.29, 0.717) is 16.2 Å². The van der Waals surface area contributed by atoms with Crippen LogP contribution in [0.4, 0.5) is 0 Å². The molecule has 18 heavy (non-hydrogen) atoms. The highest BCUT2D eigenvalue weighted by Crippen LogP contribution is 2.43. The Morgan fingerprint density at radius 3 is 2.67 bits per heavy atom. The SMILES string of the molecule is Cn1cc(CC2CC(C(C)(C)C)CCC2Br)nn1. The molecular formula is C14H24BrN3. The second-order valence-electron chi connectivity index (χ2n) is 6.74. The molecule has 0 radical (unpaired) electrons. The van der Waals surface area contributed by atoms with Crippen LogP contribution in [0.1, 0.15) is 45.7 Å². The topological polar surface area (TPSA) is 30.7 Å². The molecule has 0 spiro atoms. The Kier molecular flexibility index (Phi) is 4.15. The van der Waals surface area contributed by atoms with Crippen LogP contribution < -0.4 is 0 Å². The largest absolute Gasteiger partial charge is 0.255 e. The molecule has 2 rings (SSSR count). The fraction of sp³-hybridized carbons (Fsp3) is 0.857. The van der Waals surface area contributed by atoms with Gasteiger partial charge < -0.3 is 0 Å². The van der Waals surface area contributed by atoms with Gasteiger partial charge in [0.2, 0.25) is 0 Å². The van der Waals surface area contributed by atoms with Crippen LogP contribution in [0.15, 0.2) is 6.20 Å². The molecule has 4 heteroatoms. The summed E-state index contributed by atoms with van der Waals surface area (Å²) in [5.74, 6) is 1.52. The lowest BCUT2D eigenvalue weighted by molar-refractivity contribution is 0.146. The molecule has 1 aromatic heterocycles. The molecule has 3 unspecified atom stereocenters. The zero-order valence-corrected chi connectivity index (χ0v) is 13.4. The van der Waals surface area contributed by atoms with Crippen molar-refractivity contribution in [3.63, 3.8) is 0 Å². The number of aromatic nitrogens is 3. The lowest BCUT2D eigenvalue weighted by Gasteiger charge is -2.40. The van der Waals surface area contributed by atoms with E-state index in [2.05, 4.69) is 47.0 Å². The van der Waals surface area contributed by atoms with E-state index in [1.54, 1.807) is 4.68 Å². The van der Waals surface area contributed by atoms with Crippen LogP contribution in [0, 0.1) is 17.3 Å². The molecule has 0 bridgehead atoms. The smallest absolute Gasteiger partial charge is 0.0830 e. The first-order valence-electron chi connectivity index (χ1n) is 6.85. The summed E-state index contributed by atoms with van der Waals surface area (Å²) < 4.78 is 1.79. The van der Waals surface area contributed by atoms with Crippen molar-refractivity contribution < 1.29 is 0 Å². The van der Waals surface area contributed by atoms with Crippen molar-refractivity contribution in [3.05, 3.63) is 11.9 Å². The summed E-state index contributed by atoms with van der Waals surface area (Å²) in [5, 5.41) is 8.25. The van der Waals surface area contributed by atoms with Crippen molar-refractivity contribution in [1.82, 2.24) is 15.0 Å². The predicted octanol–water partition coefficient (Wildman–Crippen LogP) is 3.58. The molecule has 1 aliphatic carbocycles. The average Bonchev–Trinajstić information content (AvgIpc) is 2.66. The molecule has 3 atom stereocenters. The predicted molar refractivity (Wildman–Crippen MR) is 77.7 cm³/mol. The van der Waals surface area contributed by atoms with Crippen molar-refractivity contribution in [3.8, 4) is 0 Å². The summed E-state index contributed by atoms with van der Waals surface area (Å²) in [6.45, 7) is 7.10. The van der Waals surface area contributed by atoms with E-state index in [0.717, 1.165) is 18.0 Å². The molecule has 1 aliphatic rings. The summed E-state index contributed by atoms with van der Waals surface area (Å²) >= 11 is 3.86. The van der Waals surface area contributed by atoms with Gasteiger partial charge in [0.1, 0.15) is 0 Å². The second kappa shape index (κ2) is 5.32. The number of hydrogen-bond donors (Lipinski definition) is 0. The minimum Gasteiger partial charge on any atom is -0.255 e. The molecule has 0 amide bonds. The lowest BCUT2D eigenvalue weighted by atomic mass is 9.68. The molecular weight excluding hydrogens is 290 g/mol. The van der Waals surface area contributed by atoms with Crippen molar-refractivity contribution in [1.29, 1.82) is 0 Å². The first-order chi connectivity index (χ1) is 8.36. The first-order valence-corrected chi connectivity index (χ1v) is 7.77. The van der Waals surface area contributed by atoms with E-state index in [1.807, 2.05) is 13.2 Å². The van der Waals surface area contributed by atoms with Gasteiger partial charge in [0, 0.05) is 18.1 Å². The third kappa shape index (κ3) is 3.34. The number of halogens is 1. The van der Waals surface area contributed by atoms with E-state index in [4.69, 9.17) is 0 Å². The molecule has 0 aromatic carbocycles. The van der Waals surface area contributed by atoms with Gasteiger partial charge in [-0.05, 0) is 42.9 Å². The normalized spacial score (nSPS) is 29.5. The molecule has 1 fully saturated rings. The molecule has 1 heterocycles. The van der Waals surface area contributed by atoms with E-state index in [-0.39, 0.29) is 0 Å². The maximum Gasteiger partial charge on any atom is 0.0830 e. The summed E-state index contributed by atoms with van der Waals surface area (Å²) in [6, 6.07) is 0. The van der Waals surface area contributed by atoms with Crippen LogP contribution >= 0.6 is 15.9 Å². The zero-order valence-electron chi connectivity index (χ0n) is 11.9. The van der Waals surface area contributed by atoms with Gasteiger partial charge in [0.05, 0.1) is 5.69 Å². The van der Waals surface area contributed by atoms with Gasteiger partial charge in [-0.1, -0.05) is 41.9 Å². The monoisotopic (exact) mass is 313 g/mol. The Bertz CT molecular complexity index is 394. The van der Waals surface area contributed by atoms with Gasteiger partial charge in [0.25, 0.3) is 0 Å². The van der Waals surface area contributed by atoms with E-state index in [1.165, 1.54) is 19.3 Å².